The Morgan fingerprint density at radius 1 is 0.733 bits per heavy atom. The van der Waals surface area contributed by atoms with Gasteiger partial charge < -0.3 is 47.5 Å². The van der Waals surface area contributed by atoms with Crippen LogP contribution in [0.1, 0.15) is 74.7 Å². The Labute approximate surface area is 347 Å². The van der Waals surface area contributed by atoms with Crippen molar-refractivity contribution in [3.05, 3.63) is 102 Å². The summed E-state index contributed by atoms with van der Waals surface area (Å²) in [6.45, 7) is -2.87. The third kappa shape index (κ3) is 7.93. The van der Waals surface area contributed by atoms with Gasteiger partial charge in [0.15, 0.2) is 11.4 Å². The second kappa shape index (κ2) is 17.4. The lowest BCUT2D eigenvalue weighted by Crippen LogP contribution is -2.53. The maximum Gasteiger partial charge on any atom is 0.737 e. The maximum atomic E-state index is 17.0. The minimum absolute atomic E-state index is 0.412. The van der Waals surface area contributed by atoms with Crippen LogP contribution in [0, 0.1) is 5.92 Å². The number of aliphatic hydroxyl groups excluding tert-OH is 3. The van der Waals surface area contributed by atoms with E-state index in [9.17, 15) is 25.2 Å². The van der Waals surface area contributed by atoms with Crippen molar-refractivity contribution in [3.63, 3.8) is 0 Å². The van der Waals surface area contributed by atoms with Crippen LogP contribution in [0.2, 0.25) is 0 Å². The van der Waals surface area contributed by atoms with Crippen LogP contribution in [0.5, 0.6) is 11.5 Å². The van der Waals surface area contributed by atoms with Gasteiger partial charge in [0.25, 0.3) is 0 Å². The number of benzene rings is 2. The highest BCUT2D eigenvalue weighted by molar-refractivity contribution is 6.59. The van der Waals surface area contributed by atoms with Gasteiger partial charge in [-0.3, -0.25) is 14.4 Å². The van der Waals surface area contributed by atoms with Crippen LogP contribution < -0.4 is 9.47 Å². The van der Waals surface area contributed by atoms with E-state index in [0.717, 1.165) is 75.6 Å². The molecular weight excluding hydrogens is 773 g/mol. The van der Waals surface area contributed by atoms with E-state index < -0.39 is 49.3 Å². The number of allylic oxidation sites excluding steroid dienone is 3. The first-order chi connectivity index (χ1) is 29.0. The summed E-state index contributed by atoms with van der Waals surface area (Å²) in [7, 11) is 3.16. The highest BCUT2D eigenvalue weighted by Crippen LogP contribution is 2.45. The number of nitrogens with zero attached hydrogens (tertiary/aromatic N) is 6. The number of unbranched alkanes of at least 4 members (excludes halogenated alkanes) is 6. The van der Waals surface area contributed by atoms with Gasteiger partial charge in [-0.15, -0.1) is 5.10 Å². The summed E-state index contributed by atoms with van der Waals surface area (Å²) in [5.41, 5.74) is 5.07. The number of halogens is 2. The number of rotatable bonds is 19. The molecule has 0 radical (unpaired) electrons. The number of methoxy groups -OCH3 is 2. The van der Waals surface area contributed by atoms with E-state index in [1.165, 1.54) is 8.96 Å². The van der Waals surface area contributed by atoms with Gasteiger partial charge >= 0.3 is 12.9 Å². The zero-order chi connectivity index (χ0) is 42.1. The molecule has 16 heteroatoms. The highest BCUT2D eigenvalue weighted by Gasteiger charge is 2.65. The molecule has 4 N–H and O–H groups in total. The average Bonchev–Trinajstić information content (AvgIpc) is 3.65. The number of hydrogen-bond donors (Lipinski definition) is 4. The van der Waals surface area contributed by atoms with Crippen molar-refractivity contribution in [1.82, 2.24) is 24.4 Å². The molecule has 2 aromatic carbocycles. The standard InChI is InChI=1S/C44H53BF2N6O7/c1-59-31-17-13-28(14-18-31)34-21-23-36-33(37-24-22-35(53(37)45(46,47)52(34)36)29-15-19-32(60-2)20-16-29)12-8-7-11-30-27-50(49-48-30)25-9-5-3-4-6-10-26-51-39-38(44(57)58)41(54)43(56)42(55)40(39)51/h13-24,27,38-43,54-56H,3-12,25-26H2,1-2H3,(H,57,58)/t38-,39+,40+,41+,42-,43-,51?/m0/s1. The SMILES string of the molecule is COc1ccc(C2=[N+]3C(=C(CCCCc4cn(CCCCCCCCN5[C@@H]6[C@H](C(=O)O)[C@@H](O)[C@H](O)[C@@H](O)[C@@H]65)nn4)c4ccc(-c5ccc(OC)cc5)n4[B-]3(F)F)C=C2)cc1. The number of ether oxygens (including phenoxy) is 2. The van der Waals surface area contributed by atoms with Crippen molar-refractivity contribution in [3.8, 4) is 22.8 Å². The zero-order valence-corrected chi connectivity index (χ0v) is 34.0. The predicted molar refractivity (Wildman–Crippen MR) is 222 cm³/mol. The number of aryl methyl sites for hydroxylation is 2. The summed E-state index contributed by atoms with van der Waals surface area (Å²) >= 11 is 0. The Morgan fingerprint density at radius 2 is 1.35 bits per heavy atom. The van der Waals surface area contributed by atoms with Gasteiger partial charge in [0.1, 0.15) is 23.5 Å². The lowest BCUT2D eigenvalue weighted by atomic mass is 9.83. The molecule has 1 unspecified atom stereocenters. The molecule has 13 nitrogen and oxygen atoms in total. The first kappa shape index (κ1) is 41.6. The monoisotopic (exact) mass is 826 g/mol. The van der Waals surface area contributed by atoms with Crippen LogP contribution in [0.25, 0.3) is 16.8 Å². The van der Waals surface area contributed by atoms with Gasteiger partial charge in [0.2, 0.25) is 0 Å². The van der Waals surface area contributed by atoms with Crippen molar-refractivity contribution >= 4 is 24.2 Å². The first-order valence-corrected chi connectivity index (χ1v) is 21.1. The number of carbonyl (C=O) groups is 1. The van der Waals surface area contributed by atoms with Crippen LogP contribution in [-0.4, -0.2) is 119 Å². The summed E-state index contributed by atoms with van der Waals surface area (Å²) in [5, 5.41) is 48.8. The van der Waals surface area contributed by atoms with E-state index in [0.29, 0.717) is 58.4 Å². The minimum Gasteiger partial charge on any atom is -0.497 e. The average molecular weight is 827 g/mol. The fourth-order valence-corrected chi connectivity index (χ4v) is 9.54. The Balaban J connectivity index is 0.840. The fraction of sp³-hybridized carbons (Fsp3) is 0.455. The molecule has 0 bridgehead atoms. The number of aromatic nitrogens is 4. The number of aliphatic hydroxyl groups is 3. The van der Waals surface area contributed by atoms with E-state index in [2.05, 4.69) is 10.3 Å². The third-order valence-corrected chi connectivity index (χ3v) is 12.7. The molecule has 0 spiro atoms. The Hall–Kier alpha value is -5.16. The molecule has 1 saturated carbocycles. The van der Waals surface area contributed by atoms with Crippen molar-refractivity contribution in [2.45, 2.75) is 101 Å². The number of aliphatic carboxylic acids is 1. The summed E-state index contributed by atoms with van der Waals surface area (Å²) in [6.07, 6.45) is 10.4. The molecule has 4 aliphatic rings. The summed E-state index contributed by atoms with van der Waals surface area (Å²) < 4.78 is 49.0. The molecule has 2 fully saturated rings. The zero-order valence-electron chi connectivity index (χ0n) is 34.0. The van der Waals surface area contributed by atoms with Gasteiger partial charge in [-0.25, -0.2) is 0 Å². The van der Waals surface area contributed by atoms with Crippen molar-refractivity contribution in [1.29, 1.82) is 0 Å². The molecule has 1 aliphatic carbocycles. The van der Waals surface area contributed by atoms with Crippen molar-refractivity contribution in [2.75, 3.05) is 20.8 Å². The molecule has 318 valence electrons. The van der Waals surface area contributed by atoms with Crippen LogP contribution >= 0.6 is 0 Å². The molecule has 4 aromatic rings. The normalized spacial score (nSPS) is 24.9. The maximum absolute atomic E-state index is 17.0. The Bertz CT molecular complexity index is 2270. The van der Waals surface area contributed by atoms with Crippen LogP contribution in [0.4, 0.5) is 8.63 Å². The first-order valence-electron chi connectivity index (χ1n) is 21.1. The smallest absolute Gasteiger partial charge is 0.497 e. The predicted octanol–water partition coefficient (Wildman–Crippen LogP) is 5.39. The van der Waals surface area contributed by atoms with E-state index in [-0.39, 0.29) is 0 Å². The molecular formula is C44H53BF2N6O7. The second-order valence-electron chi connectivity index (χ2n) is 16.3. The molecule has 3 aliphatic heterocycles. The lowest BCUT2D eigenvalue weighted by Gasteiger charge is -2.33. The van der Waals surface area contributed by atoms with E-state index in [1.807, 2.05) is 52.2 Å². The van der Waals surface area contributed by atoms with Gasteiger partial charge in [-0.1, -0.05) is 30.9 Å². The molecule has 2 aromatic heterocycles. The van der Waals surface area contributed by atoms with Crippen LogP contribution in [0.15, 0.2) is 84.7 Å². The summed E-state index contributed by atoms with van der Waals surface area (Å²) in [5.74, 6) is -0.927. The molecule has 60 heavy (non-hydrogen) atoms. The van der Waals surface area contributed by atoms with Crippen molar-refractivity contribution < 1.29 is 47.8 Å². The topological polar surface area (TPSA) is 158 Å². The second-order valence-corrected chi connectivity index (χ2v) is 16.3. The number of carboxylic acid groups (broad SMARTS) is 1. The van der Waals surface area contributed by atoms with Crippen LogP contribution in [0.3, 0.4) is 0 Å². The van der Waals surface area contributed by atoms with E-state index in [4.69, 9.17) is 9.47 Å². The molecule has 8 rings (SSSR count). The summed E-state index contributed by atoms with van der Waals surface area (Å²) in [4.78, 5) is 13.6. The van der Waals surface area contributed by atoms with E-state index >= 15 is 8.63 Å². The van der Waals surface area contributed by atoms with Gasteiger partial charge in [-0.05, 0) is 111 Å². The summed E-state index contributed by atoms with van der Waals surface area (Å²) in [6, 6.07) is 17.2. The largest absolute Gasteiger partial charge is 0.737 e. The number of fused-ring (bicyclic) bond motifs is 3. The fourth-order valence-electron chi connectivity index (χ4n) is 9.54. The van der Waals surface area contributed by atoms with Crippen molar-refractivity contribution in [2.24, 2.45) is 5.92 Å². The third-order valence-electron chi connectivity index (χ3n) is 12.7. The Kier molecular flexibility index (Phi) is 12.1. The number of hydrogen-bond acceptors (Lipinski definition) is 9. The lowest BCUT2D eigenvalue weighted by molar-refractivity contribution is -0.361. The number of carboxylic acids is 1. The molecule has 5 heterocycles. The van der Waals surface area contributed by atoms with Gasteiger partial charge in [0, 0.05) is 53.5 Å². The number of likely N-dealkylation sites (tertiary alicyclic amines) is 1. The van der Waals surface area contributed by atoms with E-state index in [1.54, 1.807) is 50.6 Å². The Morgan fingerprint density at radius 3 is 2.02 bits per heavy atom. The van der Waals surface area contributed by atoms with Gasteiger partial charge in [-0.2, -0.15) is 0 Å². The van der Waals surface area contributed by atoms with Crippen LogP contribution in [-0.2, 0) is 17.8 Å². The quantitative estimate of drug-likeness (QED) is 0.0550. The molecule has 0 amide bonds. The minimum atomic E-state index is -4.26. The molecule has 7 atom stereocenters. The molecule has 1 saturated heterocycles. The highest BCUT2D eigenvalue weighted by atomic mass is 19.2. The van der Waals surface area contributed by atoms with Gasteiger partial charge in [0.05, 0.1) is 38.2 Å².